The number of fused-ring (bicyclic) bond motifs is 2. The molecule has 1 N–H and O–H groups in total. The average Bonchev–Trinajstić information content (AvgIpc) is 2.55. The van der Waals surface area contributed by atoms with E-state index >= 15 is 0 Å². The summed E-state index contributed by atoms with van der Waals surface area (Å²) in [6, 6.07) is 1.87. The Balaban J connectivity index is 1.57. The largest absolute Gasteiger partial charge is 0.316 e. The van der Waals surface area contributed by atoms with Crippen molar-refractivity contribution in [3.63, 3.8) is 0 Å². The van der Waals surface area contributed by atoms with Crippen molar-refractivity contribution < 1.29 is 0 Å². The zero-order chi connectivity index (χ0) is 11.0. The molecule has 3 saturated heterocycles. The van der Waals surface area contributed by atoms with Crippen LogP contribution in [0.2, 0.25) is 0 Å². The maximum Gasteiger partial charge on any atom is 0.0124 e. The highest BCUT2D eigenvalue weighted by molar-refractivity contribution is 4.95. The van der Waals surface area contributed by atoms with E-state index < -0.39 is 0 Å². The Kier molecular flexibility index (Phi) is 3.21. The summed E-state index contributed by atoms with van der Waals surface area (Å²) in [5.41, 5.74) is 0. The molecule has 4 atom stereocenters. The summed E-state index contributed by atoms with van der Waals surface area (Å²) in [5, 5.41) is 3.57. The molecule has 0 aromatic rings. The van der Waals surface area contributed by atoms with Gasteiger partial charge in [-0.15, -0.1) is 0 Å². The van der Waals surface area contributed by atoms with Crippen LogP contribution < -0.4 is 5.32 Å². The van der Waals surface area contributed by atoms with E-state index in [0.29, 0.717) is 0 Å². The van der Waals surface area contributed by atoms with Crippen LogP contribution in [-0.4, -0.2) is 37.1 Å². The molecule has 3 heterocycles. The molecule has 0 spiro atoms. The summed E-state index contributed by atoms with van der Waals surface area (Å²) >= 11 is 0. The monoisotopic (exact) mass is 222 g/mol. The molecule has 3 fully saturated rings. The molecule has 2 bridgehead atoms. The van der Waals surface area contributed by atoms with Crippen molar-refractivity contribution in [3.8, 4) is 0 Å². The summed E-state index contributed by atoms with van der Waals surface area (Å²) in [6.45, 7) is 2.54. The molecule has 92 valence electrons. The van der Waals surface area contributed by atoms with Crippen LogP contribution in [0.3, 0.4) is 0 Å². The molecule has 0 aromatic carbocycles. The third-order valence-electron chi connectivity index (χ3n) is 5.34. The maximum absolute atomic E-state index is 3.57. The van der Waals surface area contributed by atoms with Crippen LogP contribution in [0.5, 0.6) is 0 Å². The zero-order valence-electron chi connectivity index (χ0n) is 10.6. The number of hydrogen-bond donors (Lipinski definition) is 1. The first-order valence-corrected chi connectivity index (χ1v) is 7.27. The first kappa shape index (κ1) is 11.0. The predicted octanol–water partition coefficient (Wildman–Crippen LogP) is 2.25. The van der Waals surface area contributed by atoms with Gasteiger partial charge in [-0.25, -0.2) is 0 Å². The van der Waals surface area contributed by atoms with Crippen LogP contribution in [0.4, 0.5) is 0 Å². The van der Waals surface area contributed by atoms with Gasteiger partial charge >= 0.3 is 0 Å². The number of piperidine rings is 2. The van der Waals surface area contributed by atoms with Crippen molar-refractivity contribution >= 4 is 0 Å². The molecule has 3 rings (SSSR count). The highest BCUT2D eigenvalue weighted by Gasteiger charge is 2.40. The van der Waals surface area contributed by atoms with Crippen molar-refractivity contribution in [2.24, 2.45) is 11.8 Å². The quantitative estimate of drug-likeness (QED) is 0.771. The topological polar surface area (TPSA) is 15.3 Å². The van der Waals surface area contributed by atoms with Crippen LogP contribution in [0.15, 0.2) is 0 Å². The van der Waals surface area contributed by atoms with Gasteiger partial charge in [0.05, 0.1) is 0 Å². The van der Waals surface area contributed by atoms with Gasteiger partial charge in [0.2, 0.25) is 0 Å². The Morgan fingerprint density at radius 2 is 2.00 bits per heavy atom. The van der Waals surface area contributed by atoms with Gasteiger partial charge in [-0.2, -0.15) is 0 Å². The van der Waals surface area contributed by atoms with E-state index in [1.54, 1.807) is 0 Å². The van der Waals surface area contributed by atoms with Gasteiger partial charge in [-0.1, -0.05) is 0 Å². The van der Waals surface area contributed by atoms with Crippen molar-refractivity contribution in [3.05, 3.63) is 0 Å². The lowest BCUT2D eigenvalue weighted by atomic mass is 9.81. The first-order chi connectivity index (χ1) is 7.84. The second-order valence-corrected chi connectivity index (χ2v) is 6.25. The van der Waals surface area contributed by atoms with E-state index in [4.69, 9.17) is 0 Å². The van der Waals surface area contributed by atoms with E-state index in [-0.39, 0.29) is 0 Å². The molecule has 0 saturated carbocycles. The Hall–Kier alpha value is -0.0800. The zero-order valence-corrected chi connectivity index (χ0v) is 10.6. The molecule has 0 amide bonds. The predicted molar refractivity (Wildman–Crippen MR) is 67.5 cm³/mol. The lowest BCUT2D eigenvalue weighted by Gasteiger charge is -2.39. The number of nitrogens with one attached hydrogen (secondary N) is 1. The lowest BCUT2D eigenvalue weighted by molar-refractivity contribution is 0.100. The van der Waals surface area contributed by atoms with Crippen molar-refractivity contribution in [2.45, 2.75) is 57.0 Å². The fourth-order valence-corrected chi connectivity index (χ4v) is 4.38. The van der Waals surface area contributed by atoms with Crippen LogP contribution in [0.1, 0.15) is 44.9 Å². The minimum atomic E-state index is 0.931. The molecule has 0 unspecified atom stereocenters. The van der Waals surface area contributed by atoms with Gasteiger partial charge in [0.1, 0.15) is 0 Å². The van der Waals surface area contributed by atoms with Crippen LogP contribution in [0.25, 0.3) is 0 Å². The Morgan fingerprint density at radius 1 is 1.12 bits per heavy atom. The van der Waals surface area contributed by atoms with Crippen molar-refractivity contribution in [2.75, 3.05) is 20.1 Å². The minimum absolute atomic E-state index is 0.931. The first-order valence-electron chi connectivity index (χ1n) is 7.27. The SMILES string of the molecule is CN1[C@H]2CC[C@H](C[C@@H]3CCCNC3)[C@H]1CC2. The molecule has 2 nitrogen and oxygen atoms in total. The normalized spacial score (nSPS) is 44.8. The molecule has 0 radical (unpaired) electrons. The third-order valence-corrected chi connectivity index (χ3v) is 5.34. The second-order valence-electron chi connectivity index (χ2n) is 6.25. The maximum atomic E-state index is 3.57. The fourth-order valence-electron chi connectivity index (χ4n) is 4.38. The molecule has 3 aliphatic rings. The molecule has 0 aromatic heterocycles. The molecular formula is C14H26N2. The van der Waals surface area contributed by atoms with Gasteiger partial charge < -0.3 is 10.2 Å². The Morgan fingerprint density at radius 3 is 2.81 bits per heavy atom. The molecule has 0 aliphatic carbocycles. The van der Waals surface area contributed by atoms with Crippen LogP contribution in [-0.2, 0) is 0 Å². The summed E-state index contributed by atoms with van der Waals surface area (Å²) in [6.07, 6.45) is 10.3. The fraction of sp³-hybridized carbons (Fsp3) is 1.00. The summed E-state index contributed by atoms with van der Waals surface area (Å²) in [4.78, 5) is 2.70. The van der Waals surface area contributed by atoms with Gasteiger partial charge in [0.15, 0.2) is 0 Å². The van der Waals surface area contributed by atoms with Gasteiger partial charge in [0.25, 0.3) is 0 Å². The summed E-state index contributed by atoms with van der Waals surface area (Å²) < 4.78 is 0. The lowest BCUT2D eigenvalue weighted by Crippen LogP contribution is -2.43. The van der Waals surface area contributed by atoms with Gasteiger partial charge in [-0.05, 0) is 76.9 Å². The minimum Gasteiger partial charge on any atom is -0.316 e. The number of rotatable bonds is 2. The molecule has 3 aliphatic heterocycles. The van der Waals surface area contributed by atoms with E-state index in [1.165, 1.54) is 58.0 Å². The highest BCUT2D eigenvalue weighted by Crippen LogP contribution is 2.41. The Labute approximate surface area is 99.8 Å². The van der Waals surface area contributed by atoms with E-state index in [0.717, 1.165) is 23.9 Å². The summed E-state index contributed by atoms with van der Waals surface area (Å²) in [7, 11) is 2.37. The Bertz CT molecular complexity index is 235. The number of hydrogen-bond acceptors (Lipinski definition) is 2. The molecular weight excluding hydrogens is 196 g/mol. The number of nitrogens with zero attached hydrogens (tertiary/aromatic N) is 1. The van der Waals surface area contributed by atoms with E-state index in [2.05, 4.69) is 17.3 Å². The second kappa shape index (κ2) is 4.66. The van der Waals surface area contributed by atoms with E-state index in [1.807, 2.05) is 0 Å². The van der Waals surface area contributed by atoms with Gasteiger partial charge in [-0.3, -0.25) is 0 Å². The van der Waals surface area contributed by atoms with Crippen LogP contribution >= 0.6 is 0 Å². The highest BCUT2D eigenvalue weighted by atomic mass is 15.2. The average molecular weight is 222 g/mol. The standard InChI is InChI=1S/C14H26N2/c1-16-13-5-4-12(14(16)7-6-13)9-11-3-2-8-15-10-11/h11-15H,2-10H2,1H3/t11-,12+,13-,14+/m0/s1. The third kappa shape index (κ3) is 2.02. The smallest absolute Gasteiger partial charge is 0.0124 e. The van der Waals surface area contributed by atoms with E-state index in [9.17, 15) is 0 Å². The van der Waals surface area contributed by atoms with Gasteiger partial charge in [0, 0.05) is 12.1 Å². The van der Waals surface area contributed by atoms with Crippen LogP contribution in [0, 0.1) is 11.8 Å². The van der Waals surface area contributed by atoms with Crippen molar-refractivity contribution in [1.29, 1.82) is 0 Å². The van der Waals surface area contributed by atoms with Crippen molar-refractivity contribution in [1.82, 2.24) is 10.2 Å². The molecule has 2 heteroatoms. The molecule has 16 heavy (non-hydrogen) atoms. The summed E-state index contributed by atoms with van der Waals surface area (Å²) in [5.74, 6) is 1.98.